The Kier molecular flexibility index (Phi) is 4.04. The maximum absolute atomic E-state index is 4.06. The summed E-state index contributed by atoms with van der Waals surface area (Å²) in [6, 6.07) is 0. The fourth-order valence-corrected chi connectivity index (χ4v) is 0.877. The van der Waals surface area contributed by atoms with Crippen LogP contribution in [0.25, 0.3) is 0 Å². The second kappa shape index (κ2) is 4.02. The SMILES string of the molecule is CC[N+]1(CC)C=CN=N1.[I-]. The zero-order valence-corrected chi connectivity index (χ0v) is 8.45. The molecular weight excluding hydrogens is 241 g/mol. The molecule has 0 bridgehead atoms. The highest BCUT2D eigenvalue weighted by molar-refractivity contribution is 4.72. The van der Waals surface area contributed by atoms with Crippen LogP contribution in [0.1, 0.15) is 13.8 Å². The van der Waals surface area contributed by atoms with Gasteiger partial charge in [-0.05, 0) is 13.8 Å². The monoisotopic (exact) mass is 253 g/mol. The predicted octanol–water partition coefficient (Wildman–Crippen LogP) is -1.30. The second-order valence-electron chi connectivity index (χ2n) is 2.12. The van der Waals surface area contributed by atoms with Gasteiger partial charge in [-0.3, -0.25) is 0 Å². The molecule has 0 amide bonds. The number of nitrogens with zero attached hydrogens (tertiary/aromatic N) is 3. The molecule has 1 rings (SSSR count). The maximum Gasteiger partial charge on any atom is 0.144 e. The third-order valence-corrected chi connectivity index (χ3v) is 1.74. The average Bonchev–Trinajstić information content (AvgIpc) is 2.36. The summed E-state index contributed by atoms with van der Waals surface area (Å²) in [5, 5.41) is 7.85. The molecule has 0 aromatic carbocycles. The molecule has 1 heterocycles. The van der Waals surface area contributed by atoms with Crippen molar-refractivity contribution in [1.82, 2.24) is 0 Å². The largest absolute Gasteiger partial charge is 1.00 e. The van der Waals surface area contributed by atoms with E-state index in [4.69, 9.17) is 0 Å². The molecule has 0 unspecified atom stereocenters. The Morgan fingerprint density at radius 1 is 1.30 bits per heavy atom. The van der Waals surface area contributed by atoms with Crippen LogP contribution in [0.5, 0.6) is 0 Å². The van der Waals surface area contributed by atoms with Crippen molar-refractivity contribution in [1.29, 1.82) is 0 Å². The molecule has 10 heavy (non-hydrogen) atoms. The van der Waals surface area contributed by atoms with Gasteiger partial charge in [-0.15, -0.1) is 5.11 Å². The van der Waals surface area contributed by atoms with Gasteiger partial charge in [0.25, 0.3) is 0 Å². The molecule has 0 N–H and O–H groups in total. The van der Waals surface area contributed by atoms with Crippen molar-refractivity contribution in [2.24, 2.45) is 10.3 Å². The lowest BCUT2D eigenvalue weighted by molar-refractivity contribution is -0.883. The van der Waals surface area contributed by atoms with E-state index in [2.05, 4.69) is 24.2 Å². The Morgan fingerprint density at radius 2 is 1.90 bits per heavy atom. The van der Waals surface area contributed by atoms with Crippen LogP contribution in [0.3, 0.4) is 0 Å². The Bertz CT molecular complexity index is 135. The third-order valence-electron chi connectivity index (χ3n) is 1.74. The molecule has 0 spiro atoms. The molecule has 1 aliphatic rings. The van der Waals surface area contributed by atoms with Crippen LogP contribution in [-0.2, 0) is 0 Å². The van der Waals surface area contributed by atoms with Crippen LogP contribution in [0.2, 0.25) is 0 Å². The van der Waals surface area contributed by atoms with Crippen LogP contribution >= 0.6 is 0 Å². The van der Waals surface area contributed by atoms with E-state index in [0.29, 0.717) is 4.59 Å². The van der Waals surface area contributed by atoms with Crippen LogP contribution < -0.4 is 24.0 Å². The first kappa shape index (κ1) is 10.0. The van der Waals surface area contributed by atoms with Gasteiger partial charge in [-0.25, -0.2) is 0 Å². The minimum atomic E-state index is 0. The highest BCUT2D eigenvalue weighted by Crippen LogP contribution is 2.14. The minimum absolute atomic E-state index is 0. The van der Waals surface area contributed by atoms with Crippen molar-refractivity contribution in [2.75, 3.05) is 13.1 Å². The van der Waals surface area contributed by atoms with Gasteiger partial charge in [0.15, 0.2) is 0 Å². The standard InChI is InChI=1S/C6H12N3.HI/c1-3-9(4-2)6-5-7-8-9;/h5-6H,3-4H2,1-2H3;1H/q+1;/p-1. The summed E-state index contributed by atoms with van der Waals surface area (Å²) in [5.41, 5.74) is 0. The van der Waals surface area contributed by atoms with E-state index >= 15 is 0 Å². The summed E-state index contributed by atoms with van der Waals surface area (Å²) in [5.74, 6) is 0. The minimum Gasteiger partial charge on any atom is -1.00 e. The van der Waals surface area contributed by atoms with Crippen LogP contribution in [0.15, 0.2) is 22.7 Å². The van der Waals surface area contributed by atoms with Gasteiger partial charge in [-0.2, -0.15) is 4.59 Å². The zero-order valence-electron chi connectivity index (χ0n) is 6.29. The van der Waals surface area contributed by atoms with Crippen molar-refractivity contribution < 1.29 is 28.6 Å². The van der Waals surface area contributed by atoms with E-state index < -0.39 is 0 Å². The van der Waals surface area contributed by atoms with Crippen LogP contribution in [0, 0.1) is 0 Å². The zero-order chi connectivity index (χ0) is 6.74. The Labute approximate surface area is 78.4 Å². The second-order valence-corrected chi connectivity index (χ2v) is 2.12. The highest BCUT2D eigenvalue weighted by Gasteiger charge is 2.22. The van der Waals surface area contributed by atoms with Gasteiger partial charge in [0.2, 0.25) is 0 Å². The third kappa shape index (κ3) is 1.76. The summed E-state index contributed by atoms with van der Waals surface area (Å²) >= 11 is 0. The van der Waals surface area contributed by atoms with Crippen LogP contribution in [0.4, 0.5) is 0 Å². The van der Waals surface area contributed by atoms with Crippen molar-refractivity contribution >= 4 is 0 Å². The highest BCUT2D eigenvalue weighted by atomic mass is 127. The number of quaternary nitrogens is 1. The smallest absolute Gasteiger partial charge is 0.144 e. The van der Waals surface area contributed by atoms with Gasteiger partial charge < -0.3 is 24.0 Å². The summed E-state index contributed by atoms with van der Waals surface area (Å²) in [6.07, 6.45) is 3.77. The van der Waals surface area contributed by atoms with Gasteiger partial charge in [0.1, 0.15) is 25.5 Å². The van der Waals surface area contributed by atoms with E-state index in [9.17, 15) is 0 Å². The molecule has 0 aliphatic carbocycles. The molecule has 4 heteroatoms. The quantitative estimate of drug-likeness (QED) is 0.431. The molecule has 0 atom stereocenters. The van der Waals surface area contributed by atoms with Crippen molar-refractivity contribution in [3.05, 3.63) is 12.4 Å². The van der Waals surface area contributed by atoms with Gasteiger partial charge in [-0.1, -0.05) is 0 Å². The van der Waals surface area contributed by atoms with E-state index in [1.807, 2.05) is 6.20 Å². The normalized spacial score (nSPS) is 19.0. The molecule has 0 saturated carbocycles. The molecule has 1 aliphatic heterocycles. The van der Waals surface area contributed by atoms with Crippen molar-refractivity contribution in [3.8, 4) is 0 Å². The Morgan fingerprint density at radius 3 is 2.10 bits per heavy atom. The number of hydrogen-bond acceptors (Lipinski definition) is 2. The molecule has 0 radical (unpaired) electrons. The predicted molar refractivity (Wildman–Crippen MR) is 35.3 cm³/mol. The lowest BCUT2D eigenvalue weighted by Crippen LogP contribution is -3.00. The summed E-state index contributed by atoms with van der Waals surface area (Å²) < 4.78 is 0.667. The molecule has 3 nitrogen and oxygen atoms in total. The molecule has 0 fully saturated rings. The van der Waals surface area contributed by atoms with E-state index in [1.165, 1.54) is 0 Å². The fraction of sp³-hybridized carbons (Fsp3) is 0.667. The molecule has 0 aromatic heterocycles. The summed E-state index contributed by atoms with van der Waals surface area (Å²) in [4.78, 5) is 0. The molecular formula is C6H12IN3. The van der Waals surface area contributed by atoms with Crippen molar-refractivity contribution in [2.45, 2.75) is 13.8 Å². The Balaban J connectivity index is 0.000000810. The average molecular weight is 253 g/mol. The summed E-state index contributed by atoms with van der Waals surface area (Å²) in [6.45, 7) is 6.21. The first-order chi connectivity index (χ1) is 4.33. The molecule has 0 saturated heterocycles. The topological polar surface area (TPSA) is 24.7 Å². The van der Waals surface area contributed by atoms with Crippen LogP contribution in [-0.4, -0.2) is 17.7 Å². The van der Waals surface area contributed by atoms with Crippen molar-refractivity contribution in [3.63, 3.8) is 0 Å². The maximum atomic E-state index is 4.06. The van der Waals surface area contributed by atoms with E-state index in [1.54, 1.807) is 6.20 Å². The fourth-order valence-electron chi connectivity index (χ4n) is 0.877. The Hall–Kier alpha value is 0.0300. The molecule has 58 valence electrons. The first-order valence-corrected chi connectivity index (χ1v) is 3.30. The van der Waals surface area contributed by atoms with E-state index in [-0.39, 0.29) is 24.0 Å². The summed E-state index contributed by atoms with van der Waals surface area (Å²) in [7, 11) is 0. The first-order valence-electron chi connectivity index (χ1n) is 3.30. The van der Waals surface area contributed by atoms with Gasteiger partial charge >= 0.3 is 0 Å². The number of halogens is 1. The van der Waals surface area contributed by atoms with E-state index in [0.717, 1.165) is 13.1 Å². The number of rotatable bonds is 2. The number of hydrogen-bond donors (Lipinski definition) is 0. The van der Waals surface area contributed by atoms with Gasteiger partial charge in [0, 0.05) is 5.22 Å². The lowest BCUT2D eigenvalue weighted by Gasteiger charge is -2.19. The van der Waals surface area contributed by atoms with Gasteiger partial charge in [0.05, 0.1) is 0 Å². The lowest BCUT2D eigenvalue weighted by atomic mass is 10.5. The molecule has 0 aromatic rings.